The fraction of sp³-hybridized carbons (Fsp3) is 0.250. The first kappa shape index (κ1) is 12.3. The highest BCUT2D eigenvalue weighted by molar-refractivity contribution is 8.32. The van der Waals surface area contributed by atoms with Crippen molar-refractivity contribution >= 4 is 10.0 Å². The Labute approximate surface area is 106 Å². The molecule has 0 fully saturated rings. The van der Waals surface area contributed by atoms with E-state index in [1.165, 1.54) is 21.6 Å². The van der Waals surface area contributed by atoms with Crippen molar-refractivity contribution in [3.8, 4) is 11.1 Å². The van der Waals surface area contributed by atoms with E-state index in [1.807, 2.05) is 0 Å². The molecule has 0 atom stereocenters. The van der Waals surface area contributed by atoms with Crippen LogP contribution >= 0.6 is 10.0 Å². The van der Waals surface area contributed by atoms with Gasteiger partial charge >= 0.3 is 0 Å². The second-order valence-electron chi connectivity index (χ2n) is 5.23. The van der Waals surface area contributed by atoms with Crippen LogP contribution in [-0.4, -0.2) is 18.8 Å². The van der Waals surface area contributed by atoms with Gasteiger partial charge < -0.3 is 0 Å². The quantitative estimate of drug-likeness (QED) is 0.717. The van der Waals surface area contributed by atoms with Crippen molar-refractivity contribution < 1.29 is 0 Å². The summed E-state index contributed by atoms with van der Waals surface area (Å²) in [5, 5.41) is 0. The number of aryl methyl sites for hydroxylation is 1. The molecule has 0 amide bonds. The van der Waals surface area contributed by atoms with Gasteiger partial charge in [-0.15, -0.1) is 0 Å². The fourth-order valence-electron chi connectivity index (χ4n) is 1.88. The summed E-state index contributed by atoms with van der Waals surface area (Å²) in [5.41, 5.74) is 3.93. The van der Waals surface area contributed by atoms with Crippen molar-refractivity contribution in [1.82, 2.24) is 0 Å². The zero-order chi connectivity index (χ0) is 12.5. The Balaban J connectivity index is 2.36. The zero-order valence-electron chi connectivity index (χ0n) is 11.0. The van der Waals surface area contributed by atoms with Gasteiger partial charge in [-0.25, -0.2) is 10.0 Å². The van der Waals surface area contributed by atoms with Crippen LogP contribution in [0.25, 0.3) is 11.1 Å². The molecule has 0 saturated carbocycles. The monoisotopic (exact) mass is 244 g/mol. The van der Waals surface area contributed by atoms with Crippen molar-refractivity contribution in [3.05, 3.63) is 54.1 Å². The summed E-state index contributed by atoms with van der Waals surface area (Å²) in [7, 11) is -0.610. The third kappa shape index (κ3) is 2.92. The molecule has 0 spiro atoms. The fourth-order valence-corrected chi connectivity index (χ4v) is 2.83. The Kier molecular flexibility index (Phi) is 3.30. The molecule has 90 valence electrons. The van der Waals surface area contributed by atoms with Gasteiger partial charge in [-0.3, -0.25) is 0 Å². The molecule has 0 unspecified atom stereocenters. The summed E-state index contributed by atoms with van der Waals surface area (Å²) in [4.78, 5) is 1.47. The van der Waals surface area contributed by atoms with Crippen LogP contribution < -0.4 is 0 Å². The third-order valence-electron chi connectivity index (χ3n) is 2.91. The van der Waals surface area contributed by atoms with Crippen molar-refractivity contribution in [3.63, 3.8) is 0 Å². The minimum Gasteiger partial charge on any atom is -0.223 e. The van der Waals surface area contributed by atoms with Gasteiger partial charge in [0.2, 0.25) is 0 Å². The summed E-state index contributed by atoms with van der Waals surface area (Å²) in [6, 6.07) is 17.7. The van der Waals surface area contributed by atoms with Gasteiger partial charge in [0.1, 0.15) is 0 Å². The second kappa shape index (κ2) is 4.58. The molecular formula is C16H20S. The maximum absolute atomic E-state index is 2.33. The Morgan fingerprint density at radius 2 is 1.41 bits per heavy atom. The lowest BCUT2D eigenvalue weighted by atomic mass is 10.0. The predicted octanol–water partition coefficient (Wildman–Crippen LogP) is 4.71. The molecule has 2 aromatic carbocycles. The van der Waals surface area contributed by atoms with Gasteiger partial charge in [-0.2, -0.15) is 0 Å². The Morgan fingerprint density at radius 3 is 1.94 bits per heavy atom. The molecule has 2 aromatic rings. The van der Waals surface area contributed by atoms with E-state index in [4.69, 9.17) is 0 Å². The topological polar surface area (TPSA) is 0 Å². The Morgan fingerprint density at radius 1 is 0.765 bits per heavy atom. The lowest BCUT2D eigenvalue weighted by Crippen LogP contribution is -1.92. The smallest absolute Gasteiger partial charge is 0.0106 e. The molecule has 0 aliphatic carbocycles. The van der Waals surface area contributed by atoms with E-state index in [2.05, 4.69) is 74.2 Å². The Bertz CT molecular complexity index is 504. The summed E-state index contributed by atoms with van der Waals surface area (Å²) in [6.45, 7) is 2.14. The second-order valence-corrected chi connectivity index (χ2v) is 9.38. The van der Waals surface area contributed by atoms with Crippen LogP contribution in [0.5, 0.6) is 0 Å². The highest BCUT2D eigenvalue weighted by Crippen LogP contribution is 2.45. The normalized spacial score (nSPS) is 12.5. The molecule has 0 aliphatic heterocycles. The van der Waals surface area contributed by atoms with Gasteiger partial charge in [0.05, 0.1) is 0 Å². The lowest BCUT2D eigenvalue weighted by molar-refractivity contribution is 1.42. The maximum Gasteiger partial charge on any atom is -0.0106 e. The molecule has 0 nitrogen and oxygen atoms in total. The van der Waals surface area contributed by atoms with Crippen LogP contribution in [0.1, 0.15) is 5.56 Å². The van der Waals surface area contributed by atoms with E-state index in [-0.39, 0.29) is 0 Å². The minimum absolute atomic E-state index is 0.610. The first-order valence-corrected chi connectivity index (χ1v) is 8.68. The summed E-state index contributed by atoms with van der Waals surface area (Å²) in [5.74, 6) is 0. The molecule has 0 N–H and O–H groups in total. The van der Waals surface area contributed by atoms with E-state index < -0.39 is 10.0 Å². The average Bonchev–Trinajstić information content (AvgIpc) is 2.28. The number of rotatable bonds is 2. The van der Waals surface area contributed by atoms with E-state index in [1.54, 1.807) is 0 Å². The molecule has 2 rings (SSSR count). The zero-order valence-corrected chi connectivity index (χ0v) is 11.8. The van der Waals surface area contributed by atoms with E-state index in [9.17, 15) is 0 Å². The van der Waals surface area contributed by atoms with Crippen LogP contribution in [0.15, 0.2) is 53.4 Å². The van der Waals surface area contributed by atoms with Crippen LogP contribution in [0.3, 0.4) is 0 Å². The molecule has 0 aliphatic rings. The van der Waals surface area contributed by atoms with Crippen LogP contribution in [-0.2, 0) is 0 Å². The third-order valence-corrected chi connectivity index (χ3v) is 4.60. The number of benzene rings is 2. The molecule has 17 heavy (non-hydrogen) atoms. The highest BCUT2D eigenvalue weighted by Gasteiger charge is 2.07. The molecule has 1 heteroatoms. The SMILES string of the molecule is Cc1cccc(-c2ccc(S(C)(C)C)cc2)c1. The van der Waals surface area contributed by atoms with E-state index in [0.717, 1.165) is 0 Å². The molecule has 0 bridgehead atoms. The van der Waals surface area contributed by atoms with Gasteiger partial charge in [0, 0.05) is 0 Å². The van der Waals surface area contributed by atoms with Crippen molar-refractivity contribution in [2.24, 2.45) is 0 Å². The summed E-state index contributed by atoms with van der Waals surface area (Å²) >= 11 is 0. The van der Waals surface area contributed by atoms with Crippen molar-refractivity contribution in [1.29, 1.82) is 0 Å². The van der Waals surface area contributed by atoms with Gasteiger partial charge in [0.25, 0.3) is 0 Å². The molecule has 0 aromatic heterocycles. The number of hydrogen-bond donors (Lipinski definition) is 0. The van der Waals surface area contributed by atoms with Crippen LogP contribution in [0.2, 0.25) is 0 Å². The number of hydrogen-bond acceptors (Lipinski definition) is 0. The summed E-state index contributed by atoms with van der Waals surface area (Å²) in [6.07, 6.45) is 6.98. The van der Waals surface area contributed by atoms with Gasteiger partial charge in [-0.1, -0.05) is 42.0 Å². The van der Waals surface area contributed by atoms with Crippen LogP contribution in [0.4, 0.5) is 0 Å². The Hall–Kier alpha value is -1.21. The molecule has 0 radical (unpaired) electrons. The molecule has 0 heterocycles. The highest BCUT2D eigenvalue weighted by atomic mass is 32.3. The maximum atomic E-state index is 2.33. The van der Waals surface area contributed by atoms with Gasteiger partial charge in [-0.05, 0) is 53.8 Å². The molecular weight excluding hydrogens is 224 g/mol. The first-order valence-electron chi connectivity index (χ1n) is 5.82. The minimum atomic E-state index is -0.610. The van der Waals surface area contributed by atoms with Crippen molar-refractivity contribution in [2.75, 3.05) is 18.8 Å². The largest absolute Gasteiger partial charge is 0.223 e. The van der Waals surface area contributed by atoms with E-state index in [0.29, 0.717) is 0 Å². The van der Waals surface area contributed by atoms with Crippen molar-refractivity contribution in [2.45, 2.75) is 11.8 Å². The lowest BCUT2D eigenvalue weighted by Gasteiger charge is -2.25. The molecule has 0 saturated heterocycles. The standard InChI is InChI=1S/C16H20S/c1-13-6-5-7-15(12-13)14-8-10-16(11-9-14)17(2,3)4/h5-12H,1-4H3. The van der Waals surface area contributed by atoms with Gasteiger partial charge in [0.15, 0.2) is 0 Å². The summed E-state index contributed by atoms with van der Waals surface area (Å²) < 4.78 is 0. The first-order chi connectivity index (χ1) is 7.97. The predicted molar refractivity (Wildman–Crippen MR) is 80.2 cm³/mol. The average molecular weight is 244 g/mol. The van der Waals surface area contributed by atoms with E-state index >= 15 is 0 Å². The van der Waals surface area contributed by atoms with Crippen LogP contribution in [0, 0.1) is 6.92 Å².